The average Bonchev–Trinajstić information content (AvgIpc) is 3.23. The van der Waals surface area contributed by atoms with E-state index in [1.165, 1.54) is 5.56 Å². The van der Waals surface area contributed by atoms with Crippen molar-refractivity contribution >= 4 is 29.9 Å². The maximum atomic E-state index is 5.71. The summed E-state index contributed by atoms with van der Waals surface area (Å²) >= 11 is 0. The smallest absolute Gasteiger partial charge is 0.191 e. The van der Waals surface area contributed by atoms with Crippen molar-refractivity contribution in [2.24, 2.45) is 4.99 Å². The van der Waals surface area contributed by atoms with Crippen LogP contribution in [-0.2, 0) is 17.6 Å². The molecule has 0 aliphatic heterocycles. The van der Waals surface area contributed by atoms with Gasteiger partial charge in [0, 0.05) is 26.6 Å². The number of guanidine groups is 1. The molecule has 0 bridgehead atoms. The summed E-state index contributed by atoms with van der Waals surface area (Å²) in [6.07, 6.45) is 3.33. The van der Waals surface area contributed by atoms with Crippen LogP contribution in [-0.4, -0.2) is 52.5 Å². The van der Waals surface area contributed by atoms with E-state index in [9.17, 15) is 0 Å². The second-order valence-electron chi connectivity index (χ2n) is 6.30. The van der Waals surface area contributed by atoms with Crippen LogP contribution < -0.4 is 20.1 Å². The Labute approximate surface area is 196 Å². The number of ether oxygens (including phenoxy) is 3. The number of methoxy groups -OCH3 is 1. The van der Waals surface area contributed by atoms with Crippen LogP contribution in [0, 0.1) is 0 Å². The zero-order valence-corrected chi connectivity index (χ0v) is 20.4. The van der Waals surface area contributed by atoms with Gasteiger partial charge in [-0.2, -0.15) is 0 Å². The summed E-state index contributed by atoms with van der Waals surface area (Å²) in [7, 11) is 1.68. The Kier molecular flexibility index (Phi) is 13.8. The lowest BCUT2D eigenvalue weighted by atomic mass is 10.1. The number of rotatable bonds is 13. The molecular formula is C22H34IN3O4. The van der Waals surface area contributed by atoms with Gasteiger partial charge in [0.2, 0.25) is 0 Å². The van der Waals surface area contributed by atoms with Crippen LogP contribution in [0.5, 0.6) is 11.5 Å². The fraction of sp³-hybridized carbons (Fsp3) is 0.500. The minimum Gasteiger partial charge on any atom is -0.490 e. The minimum absolute atomic E-state index is 0. The fourth-order valence-electron chi connectivity index (χ4n) is 2.76. The van der Waals surface area contributed by atoms with E-state index in [0.717, 1.165) is 49.1 Å². The van der Waals surface area contributed by atoms with Crippen molar-refractivity contribution < 1.29 is 18.6 Å². The minimum atomic E-state index is 0. The molecule has 2 N–H and O–H groups in total. The quantitative estimate of drug-likeness (QED) is 0.178. The molecule has 1 heterocycles. The monoisotopic (exact) mass is 531 g/mol. The molecule has 8 heteroatoms. The summed E-state index contributed by atoms with van der Waals surface area (Å²) in [4.78, 5) is 4.54. The molecule has 0 saturated carbocycles. The molecule has 2 rings (SSSR count). The summed E-state index contributed by atoms with van der Waals surface area (Å²) in [5, 5.41) is 6.72. The van der Waals surface area contributed by atoms with Gasteiger partial charge in [0.25, 0.3) is 0 Å². The highest BCUT2D eigenvalue weighted by atomic mass is 127. The van der Waals surface area contributed by atoms with Crippen LogP contribution in [0.15, 0.2) is 46.0 Å². The Balaban J connectivity index is 0.00000450. The van der Waals surface area contributed by atoms with Crippen molar-refractivity contribution in [3.63, 3.8) is 0 Å². The first-order valence-electron chi connectivity index (χ1n) is 10.2. The van der Waals surface area contributed by atoms with E-state index in [2.05, 4.69) is 21.7 Å². The van der Waals surface area contributed by atoms with Crippen LogP contribution in [0.25, 0.3) is 0 Å². The van der Waals surface area contributed by atoms with Crippen molar-refractivity contribution in [1.82, 2.24) is 10.6 Å². The van der Waals surface area contributed by atoms with Crippen LogP contribution in [0.4, 0.5) is 0 Å². The molecule has 1 aromatic heterocycles. The molecule has 168 valence electrons. The van der Waals surface area contributed by atoms with Gasteiger partial charge >= 0.3 is 0 Å². The van der Waals surface area contributed by atoms with Gasteiger partial charge in [0.05, 0.1) is 32.6 Å². The van der Waals surface area contributed by atoms with E-state index in [0.29, 0.717) is 26.4 Å². The van der Waals surface area contributed by atoms with Gasteiger partial charge in [-0.15, -0.1) is 24.0 Å². The van der Waals surface area contributed by atoms with Crippen molar-refractivity contribution in [2.45, 2.75) is 26.7 Å². The van der Waals surface area contributed by atoms with E-state index in [4.69, 9.17) is 18.6 Å². The number of aliphatic imine (C=N–C) groups is 1. The number of nitrogens with one attached hydrogen (secondary N) is 2. The number of benzene rings is 1. The van der Waals surface area contributed by atoms with E-state index in [1.807, 2.05) is 38.1 Å². The highest BCUT2D eigenvalue weighted by molar-refractivity contribution is 14.0. The SMILES string of the molecule is CCOc1ccc(CCNC(=NCCOC)NCCc2ccco2)cc1OCC.I. The molecule has 0 aliphatic carbocycles. The number of nitrogens with zero attached hydrogens (tertiary/aromatic N) is 1. The average molecular weight is 531 g/mol. The Bertz CT molecular complexity index is 723. The zero-order chi connectivity index (χ0) is 20.7. The summed E-state index contributed by atoms with van der Waals surface area (Å²) in [5.74, 6) is 3.29. The molecule has 0 amide bonds. The van der Waals surface area contributed by atoms with Crippen LogP contribution in [0.1, 0.15) is 25.2 Å². The molecule has 0 unspecified atom stereocenters. The van der Waals surface area contributed by atoms with Gasteiger partial charge < -0.3 is 29.3 Å². The van der Waals surface area contributed by atoms with Crippen molar-refractivity contribution in [1.29, 1.82) is 0 Å². The molecule has 0 spiro atoms. The predicted molar refractivity (Wildman–Crippen MR) is 130 cm³/mol. The van der Waals surface area contributed by atoms with Gasteiger partial charge in [-0.05, 0) is 50.1 Å². The second-order valence-corrected chi connectivity index (χ2v) is 6.30. The lowest BCUT2D eigenvalue weighted by Gasteiger charge is -2.14. The molecule has 0 atom stereocenters. The van der Waals surface area contributed by atoms with Crippen molar-refractivity contribution in [3.8, 4) is 11.5 Å². The third kappa shape index (κ3) is 9.71. The summed E-state index contributed by atoms with van der Waals surface area (Å²) < 4.78 is 21.8. The van der Waals surface area contributed by atoms with Crippen LogP contribution in [0.2, 0.25) is 0 Å². The maximum absolute atomic E-state index is 5.71. The number of hydrogen-bond donors (Lipinski definition) is 2. The van der Waals surface area contributed by atoms with Gasteiger partial charge in [0.1, 0.15) is 5.76 Å². The van der Waals surface area contributed by atoms with Crippen molar-refractivity contribution in [3.05, 3.63) is 47.9 Å². The molecule has 0 fully saturated rings. The normalized spacial score (nSPS) is 11.0. The van der Waals surface area contributed by atoms with Gasteiger partial charge in [-0.25, -0.2) is 0 Å². The van der Waals surface area contributed by atoms with Gasteiger partial charge in [-0.1, -0.05) is 6.07 Å². The largest absolute Gasteiger partial charge is 0.490 e. The summed E-state index contributed by atoms with van der Waals surface area (Å²) in [6, 6.07) is 9.95. The second kappa shape index (κ2) is 15.8. The molecule has 2 aromatic rings. The molecule has 0 radical (unpaired) electrons. The van der Waals surface area contributed by atoms with Gasteiger partial charge in [0.15, 0.2) is 17.5 Å². The maximum Gasteiger partial charge on any atom is 0.191 e. The third-order valence-electron chi connectivity index (χ3n) is 4.12. The lowest BCUT2D eigenvalue weighted by molar-refractivity contribution is 0.208. The Hall–Kier alpha value is -1.94. The zero-order valence-electron chi connectivity index (χ0n) is 18.1. The van der Waals surface area contributed by atoms with Crippen LogP contribution in [0.3, 0.4) is 0 Å². The molecule has 7 nitrogen and oxygen atoms in total. The number of halogens is 1. The molecule has 1 aromatic carbocycles. The highest BCUT2D eigenvalue weighted by Gasteiger charge is 2.07. The van der Waals surface area contributed by atoms with Crippen LogP contribution >= 0.6 is 24.0 Å². The first-order valence-corrected chi connectivity index (χ1v) is 10.2. The van der Waals surface area contributed by atoms with Gasteiger partial charge in [-0.3, -0.25) is 4.99 Å². The highest BCUT2D eigenvalue weighted by Crippen LogP contribution is 2.28. The molecule has 0 saturated heterocycles. The van der Waals surface area contributed by atoms with Crippen molar-refractivity contribution in [2.75, 3.05) is 46.6 Å². The Morgan fingerprint density at radius 1 is 1.00 bits per heavy atom. The Morgan fingerprint density at radius 2 is 1.73 bits per heavy atom. The number of hydrogen-bond acceptors (Lipinski definition) is 5. The third-order valence-corrected chi connectivity index (χ3v) is 4.12. The van der Waals surface area contributed by atoms with E-state index in [1.54, 1.807) is 13.4 Å². The molecular weight excluding hydrogens is 497 g/mol. The fourth-order valence-corrected chi connectivity index (χ4v) is 2.76. The van der Waals surface area contributed by atoms with E-state index >= 15 is 0 Å². The first-order chi connectivity index (χ1) is 14.3. The predicted octanol–water partition coefficient (Wildman–Crippen LogP) is 3.66. The topological polar surface area (TPSA) is 77.2 Å². The Morgan fingerprint density at radius 3 is 2.40 bits per heavy atom. The standard InChI is InChI=1S/C22H33N3O4.HI/c1-4-27-20-9-8-18(17-21(20)28-5-2)10-12-23-22(25-14-16-26-3)24-13-11-19-7-6-15-29-19;/h6-9,15,17H,4-5,10-14,16H2,1-3H3,(H2,23,24,25);1H. The molecule has 0 aliphatic rings. The summed E-state index contributed by atoms with van der Waals surface area (Å²) in [6.45, 7) is 7.84. The number of furan rings is 1. The molecule has 30 heavy (non-hydrogen) atoms. The first kappa shape index (κ1) is 26.1. The van der Waals surface area contributed by atoms with E-state index < -0.39 is 0 Å². The summed E-state index contributed by atoms with van der Waals surface area (Å²) in [5.41, 5.74) is 1.18. The lowest BCUT2D eigenvalue weighted by Crippen LogP contribution is -2.39. The van der Waals surface area contributed by atoms with E-state index in [-0.39, 0.29) is 24.0 Å².